The Kier molecular flexibility index (Phi) is 7.79. The molecule has 1 unspecified atom stereocenters. The monoisotopic (exact) mass is 442 g/mol. The molecule has 1 aromatic carbocycles. The molecule has 1 saturated carbocycles. The summed E-state index contributed by atoms with van der Waals surface area (Å²) in [6.45, 7) is 3.89. The summed E-state index contributed by atoms with van der Waals surface area (Å²) in [6, 6.07) is 3.81. The van der Waals surface area contributed by atoms with Crippen molar-refractivity contribution in [1.82, 2.24) is 0 Å². The molecule has 11 heteroatoms. The number of hydrogen-bond acceptors (Lipinski definition) is 8. The molecule has 0 amide bonds. The molecule has 0 spiro atoms. The molecular formula is C19H24NO9S-. The number of aliphatic carboxylic acids is 1. The smallest absolute Gasteiger partial charge is 0.341 e. The van der Waals surface area contributed by atoms with Crippen molar-refractivity contribution in [3.63, 3.8) is 0 Å². The number of carboxylic acids is 1. The number of esters is 2. The second-order valence-corrected chi connectivity index (χ2v) is 8.62. The molecule has 0 radical (unpaired) electrons. The van der Waals surface area contributed by atoms with Crippen molar-refractivity contribution in [2.24, 2.45) is 5.92 Å². The lowest BCUT2D eigenvalue weighted by molar-refractivity contribution is -0.152. The van der Waals surface area contributed by atoms with Crippen LogP contribution in [0.25, 0.3) is 0 Å². The van der Waals surface area contributed by atoms with E-state index in [1.807, 2.05) is 0 Å². The SMILES string of the molecule is CC(C)(C)OC(=O)CN(c1ccc(C(=O)OCC(=O)O)cc1OCC1CC1)S(=O)[O-]. The standard InChI is InChI=1S/C19H25NO9S/c1-19(2,3)29-17(23)9-20(30(25)26)14-7-6-13(18(24)28-11-16(21)22)8-15(14)27-10-12-4-5-12/h6-8,12H,4-5,9-11H2,1-3H3,(H,21,22)(H,25,26)/p-1. The summed E-state index contributed by atoms with van der Waals surface area (Å²) < 4.78 is 39.9. The third-order valence-electron chi connectivity index (χ3n) is 3.84. The lowest BCUT2D eigenvalue weighted by Gasteiger charge is -2.29. The van der Waals surface area contributed by atoms with Crippen LogP contribution in [0.5, 0.6) is 5.75 Å². The normalized spacial score (nSPS) is 14.5. The number of carboxylic acid groups (broad SMARTS) is 1. The minimum Gasteiger partial charge on any atom is -0.755 e. The van der Waals surface area contributed by atoms with Gasteiger partial charge in [0.15, 0.2) is 6.61 Å². The van der Waals surface area contributed by atoms with E-state index < -0.39 is 47.9 Å². The van der Waals surface area contributed by atoms with Crippen molar-refractivity contribution < 1.29 is 42.5 Å². The van der Waals surface area contributed by atoms with E-state index in [0.717, 1.165) is 17.1 Å². The molecule has 166 valence electrons. The second kappa shape index (κ2) is 9.90. The van der Waals surface area contributed by atoms with Crippen molar-refractivity contribution in [2.45, 2.75) is 39.2 Å². The highest BCUT2D eigenvalue weighted by atomic mass is 32.2. The van der Waals surface area contributed by atoms with E-state index in [0.29, 0.717) is 12.5 Å². The molecule has 1 aliphatic rings. The van der Waals surface area contributed by atoms with E-state index in [2.05, 4.69) is 4.74 Å². The molecule has 10 nitrogen and oxygen atoms in total. The van der Waals surface area contributed by atoms with E-state index in [-0.39, 0.29) is 17.0 Å². The number of hydrogen-bond donors (Lipinski definition) is 1. The molecule has 1 fully saturated rings. The first kappa shape index (κ1) is 23.6. The Morgan fingerprint density at radius 3 is 2.47 bits per heavy atom. The number of rotatable bonds is 10. The number of carbonyl (C=O) groups excluding carboxylic acids is 2. The van der Waals surface area contributed by atoms with E-state index in [1.165, 1.54) is 18.2 Å². The molecule has 0 heterocycles. The highest BCUT2D eigenvalue weighted by Crippen LogP contribution is 2.34. The van der Waals surface area contributed by atoms with Gasteiger partial charge in [-0.05, 0) is 57.7 Å². The maximum atomic E-state index is 12.2. The predicted octanol–water partition coefficient (Wildman–Crippen LogP) is 1.66. The molecule has 1 N–H and O–H groups in total. The van der Waals surface area contributed by atoms with Crippen LogP contribution in [0.15, 0.2) is 18.2 Å². The van der Waals surface area contributed by atoms with Crippen LogP contribution in [0.2, 0.25) is 0 Å². The Hall–Kier alpha value is -2.66. The Balaban J connectivity index is 2.28. The first-order chi connectivity index (χ1) is 14.0. The van der Waals surface area contributed by atoms with Gasteiger partial charge in [-0.3, -0.25) is 13.3 Å². The minimum absolute atomic E-state index is 0.0142. The second-order valence-electron chi connectivity index (χ2n) is 7.75. The van der Waals surface area contributed by atoms with E-state index in [4.69, 9.17) is 14.6 Å². The van der Waals surface area contributed by atoms with Gasteiger partial charge in [0.25, 0.3) is 0 Å². The van der Waals surface area contributed by atoms with Crippen molar-refractivity contribution in [3.05, 3.63) is 23.8 Å². The summed E-state index contributed by atoms with van der Waals surface area (Å²) in [5.74, 6) is -2.58. The van der Waals surface area contributed by atoms with Gasteiger partial charge >= 0.3 is 17.9 Å². The van der Waals surface area contributed by atoms with Crippen LogP contribution in [-0.2, 0) is 30.3 Å². The fourth-order valence-corrected chi connectivity index (χ4v) is 2.90. The lowest BCUT2D eigenvalue weighted by Crippen LogP contribution is -2.36. The van der Waals surface area contributed by atoms with Gasteiger partial charge in [-0.15, -0.1) is 0 Å². The topological polar surface area (TPSA) is 142 Å². The van der Waals surface area contributed by atoms with Gasteiger partial charge in [0.1, 0.15) is 17.9 Å². The van der Waals surface area contributed by atoms with Crippen molar-refractivity contribution in [1.29, 1.82) is 0 Å². The molecule has 0 bridgehead atoms. The largest absolute Gasteiger partial charge is 0.755 e. The van der Waals surface area contributed by atoms with Crippen LogP contribution in [-0.4, -0.2) is 57.1 Å². The van der Waals surface area contributed by atoms with Gasteiger partial charge in [0, 0.05) is 11.3 Å². The van der Waals surface area contributed by atoms with Gasteiger partial charge in [-0.1, -0.05) is 0 Å². The molecule has 1 aliphatic carbocycles. The van der Waals surface area contributed by atoms with E-state index in [9.17, 15) is 23.1 Å². The number of ether oxygens (including phenoxy) is 3. The highest BCUT2D eigenvalue weighted by Gasteiger charge is 2.26. The zero-order chi connectivity index (χ0) is 22.5. The van der Waals surface area contributed by atoms with Crippen LogP contribution in [0.4, 0.5) is 5.69 Å². The molecule has 0 aliphatic heterocycles. The van der Waals surface area contributed by atoms with E-state index >= 15 is 0 Å². The fraction of sp³-hybridized carbons (Fsp3) is 0.526. The fourth-order valence-electron chi connectivity index (χ4n) is 2.37. The zero-order valence-corrected chi connectivity index (χ0v) is 17.7. The Morgan fingerprint density at radius 2 is 1.93 bits per heavy atom. The maximum Gasteiger partial charge on any atom is 0.341 e. The van der Waals surface area contributed by atoms with Gasteiger partial charge in [-0.25, -0.2) is 9.59 Å². The molecule has 30 heavy (non-hydrogen) atoms. The third kappa shape index (κ3) is 7.64. The van der Waals surface area contributed by atoms with Crippen molar-refractivity contribution >= 4 is 34.9 Å². The molecule has 0 saturated heterocycles. The average molecular weight is 442 g/mol. The molecule has 1 atom stereocenters. The number of benzene rings is 1. The average Bonchev–Trinajstić information content (AvgIpc) is 3.45. The summed E-state index contributed by atoms with van der Waals surface area (Å²) in [6.07, 6.45) is 1.95. The Morgan fingerprint density at radius 1 is 1.27 bits per heavy atom. The number of anilines is 1. The molecule has 0 aromatic heterocycles. The van der Waals surface area contributed by atoms with Gasteiger partial charge in [0.2, 0.25) is 0 Å². The first-order valence-corrected chi connectivity index (χ1v) is 10.2. The van der Waals surface area contributed by atoms with Crippen LogP contribution >= 0.6 is 0 Å². The van der Waals surface area contributed by atoms with Crippen LogP contribution < -0.4 is 9.04 Å². The maximum absolute atomic E-state index is 12.2. The number of carbonyl (C=O) groups is 3. The zero-order valence-electron chi connectivity index (χ0n) is 16.9. The van der Waals surface area contributed by atoms with Gasteiger partial charge < -0.3 is 23.9 Å². The van der Waals surface area contributed by atoms with E-state index in [1.54, 1.807) is 20.8 Å². The lowest BCUT2D eigenvalue weighted by atomic mass is 10.2. The predicted molar refractivity (Wildman–Crippen MR) is 105 cm³/mol. The third-order valence-corrected chi connectivity index (χ3v) is 4.52. The molecular weight excluding hydrogens is 418 g/mol. The summed E-state index contributed by atoms with van der Waals surface area (Å²) in [4.78, 5) is 34.8. The van der Waals surface area contributed by atoms with Crippen LogP contribution in [0, 0.1) is 5.92 Å². The van der Waals surface area contributed by atoms with Crippen molar-refractivity contribution in [3.8, 4) is 5.75 Å². The van der Waals surface area contributed by atoms with Gasteiger partial charge in [-0.2, -0.15) is 0 Å². The summed E-state index contributed by atoms with van der Waals surface area (Å²) >= 11 is -2.83. The van der Waals surface area contributed by atoms with Crippen molar-refractivity contribution in [2.75, 3.05) is 24.1 Å². The first-order valence-electron chi connectivity index (χ1n) is 9.21. The Bertz CT molecular complexity index is 830. The highest BCUT2D eigenvalue weighted by molar-refractivity contribution is 7.80. The van der Waals surface area contributed by atoms with Crippen LogP contribution in [0.3, 0.4) is 0 Å². The molecule has 1 aromatic rings. The van der Waals surface area contributed by atoms with Crippen LogP contribution in [0.1, 0.15) is 44.0 Å². The number of nitrogens with zero attached hydrogens (tertiary/aromatic N) is 1. The summed E-state index contributed by atoms with van der Waals surface area (Å²) in [5, 5.41) is 8.64. The minimum atomic E-state index is -2.83. The summed E-state index contributed by atoms with van der Waals surface area (Å²) in [5.41, 5.74) is -0.764. The Labute approximate surface area is 176 Å². The molecule has 2 rings (SSSR count). The quantitative estimate of drug-likeness (QED) is 0.423. The summed E-state index contributed by atoms with van der Waals surface area (Å²) in [7, 11) is 0. The van der Waals surface area contributed by atoms with Gasteiger partial charge in [0.05, 0.1) is 17.9 Å².